The summed E-state index contributed by atoms with van der Waals surface area (Å²) in [6.45, 7) is 4.85. The van der Waals surface area contributed by atoms with Crippen molar-refractivity contribution >= 4 is 0 Å². The first-order chi connectivity index (χ1) is 11.7. The highest BCUT2D eigenvalue weighted by molar-refractivity contribution is 5.44. The number of hydrogen-bond donors (Lipinski definition) is 0. The van der Waals surface area contributed by atoms with Crippen LogP contribution in [0.1, 0.15) is 41.2 Å². The Morgan fingerprint density at radius 2 is 1.83 bits per heavy atom. The number of ether oxygens (including phenoxy) is 1. The van der Waals surface area contributed by atoms with Crippen molar-refractivity contribution in [3.05, 3.63) is 70.8 Å². The van der Waals surface area contributed by atoms with Crippen molar-refractivity contribution in [1.82, 2.24) is 4.90 Å². The van der Waals surface area contributed by atoms with Gasteiger partial charge in [0.2, 0.25) is 0 Å². The lowest BCUT2D eigenvalue weighted by atomic mass is 9.83. The summed E-state index contributed by atoms with van der Waals surface area (Å²) in [5.74, 6) is 2.76. The van der Waals surface area contributed by atoms with Crippen LogP contribution < -0.4 is 0 Å². The van der Waals surface area contributed by atoms with Gasteiger partial charge in [-0.25, -0.2) is 0 Å². The van der Waals surface area contributed by atoms with Gasteiger partial charge in [-0.1, -0.05) is 60.0 Å². The van der Waals surface area contributed by atoms with E-state index in [1.54, 1.807) is 0 Å². The number of nitrogens with zero attached hydrogens (tertiary/aromatic N) is 1. The number of rotatable bonds is 2. The molecule has 1 spiro atoms. The van der Waals surface area contributed by atoms with Crippen LogP contribution in [0.4, 0.5) is 0 Å². The number of aryl methyl sites for hydroxylation is 1. The molecule has 122 valence electrons. The van der Waals surface area contributed by atoms with Crippen molar-refractivity contribution in [3.8, 4) is 12.3 Å². The molecule has 1 atom stereocenters. The van der Waals surface area contributed by atoms with Crippen molar-refractivity contribution in [2.75, 3.05) is 19.6 Å². The van der Waals surface area contributed by atoms with E-state index in [1.807, 2.05) is 0 Å². The van der Waals surface area contributed by atoms with Crippen molar-refractivity contribution in [3.63, 3.8) is 0 Å². The predicted octanol–water partition coefficient (Wildman–Crippen LogP) is 4.04. The summed E-state index contributed by atoms with van der Waals surface area (Å²) >= 11 is 0. The van der Waals surface area contributed by atoms with Crippen LogP contribution in [0.5, 0.6) is 0 Å². The Kier molecular flexibility index (Phi) is 3.92. The maximum Gasteiger partial charge on any atom is 0.109 e. The number of benzene rings is 2. The molecule has 2 aromatic rings. The van der Waals surface area contributed by atoms with Gasteiger partial charge in [0.05, 0.1) is 12.1 Å². The second kappa shape index (κ2) is 6.09. The Morgan fingerprint density at radius 3 is 2.54 bits per heavy atom. The molecule has 4 rings (SSSR count). The molecule has 2 heteroatoms. The van der Waals surface area contributed by atoms with Gasteiger partial charge in [-0.2, -0.15) is 0 Å². The lowest BCUT2D eigenvalue weighted by molar-refractivity contribution is -0.0954. The summed E-state index contributed by atoms with van der Waals surface area (Å²) in [6.07, 6.45) is 7.53. The van der Waals surface area contributed by atoms with E-state index < -0.39 is 0 Å². The molecule has 0 amide bonds. The van der Waals surface area contributed by atoms with Crippen molar-refractivity contribution in [2.24, 2.45) is 0 Å². The molecule has 0 aromatic heterocycles. The van der Waals surface area contributed by atoms with Gasteiger partial charge in [0.15, 0.2) is 0 Å². The number of hydrogen-bond acceptors (Lipinski definition) is 2. The predicted molar refractivity (Wildman–Crippen MR) is 96.7 cm³/mol. The molecular formula is C22H23NO. The molecule has 0 aliphatic carbocycles. The van der Waals surface area contributed by atoms with Gasteiger partial charge in [-0.05, 0) is 36.5 Å². The number of fused-ring (bicyclic) bond motifs is 2. The van der Waals surface area contributed by atoms with E-state index in [0.29, 0.717) is 0 Å². The molecule has 0 saturated carbocycles. The van der Waals surface area contributed by atoms with Crippen molar-refractivity contribution in [2.45, 2.75) is 31.5 Å². The first-order valence-corrected chi connectivity index (χ1v) is 8.71. The van der Waals surface area contributed by atoms with Crippen molar-refractivity contribution in [1.29, 1.82) is 0 Å². The van der Waals surface area contributed by atoms with Crippen LogP contribution in [-0.4, -0.2) is 24.5 Å². The molecule has 2 aliphatic heterocycles. The van der Waals surface area contributed by atoms with E-state index in [9.17, 15) is 0 Å². The van der Waals surface area contributed by atoms with Crippen LogP contribution in [0.3, 0.4) is 0 Å². The third-order valence-corrected chi connectivity index (χ3v) is 5.44. The van der Waals surface area contributed by atoms with Crippen LogP contribution in [0, 0.1) is 19.3 Å². The molecule has 24 heavy (non-hydrogen) atoms. The van der Waals surface area contributed by atoms with Crippen LogP contribution in [0.2, 0.25) is 0 Å². The average Bonchev–Trinajstić information content (AvgIpc) is 2.93. The lowest BCUT2D eigenvalue weighted by Gasteiger charge is -2.39. The largest absolute Gasteiger partial charge is 0.358 e. The van der Waals surface area contributed by atoms with Crippen LogP contribution in [0.15, 0.2) is 48.5 Å². The van der Waals surface area contributed by atoms with Crippen LogP contribution >= 0.6 is 0 Å². The summed E-state index contributed by atoms with van der Waals surface area (Å²) in [6, 6.07) is 17.5. The zero-order valence-electron chi connectivity index (χ0n) is 14.2. The molecule has 1 fully saturated rings. The fourth-order valence-electron chi connectivity index (χ4n) is 4.07. The standard InChI is InChI=1S/C22H23NO/c1-3-14-23-15-12-22(13-16-23)20-7-5-4-6-19(20)21(24-22)18-10-8-17(2)9-11-18/h1,4-11,21H,12-16H2,2H3. The van der Waals surface area contributed by atoms with Crippen molar-refractivity contribution < 1.29 is 4.74 Å². The molecule has 0 N–H and O–H groups in total. The molecule has 2 aromatic carbocycles. The highest BCUT2D eigenvalue weighted by atomic mass is 16.5. The molecule has 1 saturated heterocycles. The maximum absolute atomic E-state index is 6.73. The van der Waals surface area contributed by atoms with E-state index in [0.717, 1.165) is 32.5 Å². The number of terminal acetylenes is 1. The van der Waals surface area contributed by atoms with E-state index in [2.05, 4.69) is 66.3 Å². The molecule has 0 bridgehead atoms. The van der Waals surface area contributed by atoms with E-state index >= 15 is 0 Å². The van der Waals surface area contributed by atoms with Gasteiger partial charge < -0.3 is 4.74 Å². The zero-order chi connectivity index (χ0) is 16.6. The smallest absolute Gasteiger partial charge is 0.109 e. The minimum atomic E-state index is -0.156. The molecule has 2 nitrogen and oxygen atoms in total. The molecule has 2 aliphatic rings. The summed E-state index contributed by atoms with van der Waals surface area (Å²) in [7, 11) is 0. The second-order valence-electron chi connectivity index (χ2n) is 6.97. The summed E-state index contributed by atoms with van der Waals surface area (Å²) in [5, 5.41) is 0. The SMILES string of the molecule is C#CCN1CCC2(CC1)OC(c1ccc(C)cc1)c1ccccc12. The quantitative estimate of drug-likeness (QED) is 0.775. The van der Waals surface area contributed by atoms with E-state index in [-0.39, 0.29) is 11.7 Å². The molecule has 1 unspecified atom stereocenters. The summed E-state index contributed by atoms with van der Waals surface area (Å²) in [5.41, 5.74) is 5.07. The van der Waals surface area contributed by atoms with Gasteiger partial charge >= 0.3 is 0 Å². The lowest BCUT2D eigenvalue weighted by Crippen LogP contribution is -2.42. The Bertz CT molecular complexity index is 763. The molecule has 2 heterocycles. The Labute approximate surface area is 144 Å². The first kappa shape index (κ1) is 15.4. The first-order valence-electron chi connectivity index (χ1n) is 8.71. The zero-order valence-corrected chi connectivity index (χ0v) is 14.2. The number of likely N-dealkylation sites (tertiary alicyclic amines) is 1. The highest BCUT2D eigenvalue weighted by Crippen LogP contribution is 2.51. The third kappa shape index (κ3) is 2.55. The normalized spacial score (nSPS) is 22.2. The van der Waals surface area contributed by atoms with Gasteiger partial charge in [0, 0.05) is 13.1 Å². The minimum absolute atomic E-state index is 0.0426. The summed E-state index contributed by atoms with van der Waals surface area (Å²) < 4.78 is 6.73. The third-order valence-electron chi connectivity index (χ3n) is 5.44. The van der Waals surface area contributed by atoms with E-state index in [4.69, 9.17) is 11.2 Å². The summed E-state index contributed by atoms with van der Waals surface area (Å²) in [4.78, 5) is 2.34. The van der Waals surface area contributed by atoms with Gasteiger partial charge in [0.1, 0.15) is 6.10 Å². The van der Waals surface area contributed by atoms with Gasteiger partial charge in [-0.15, -0.1) is 6.42 Å². The second-order valence-corrected chi connectivity index (χ2v) is 6.97. The monoisotopic (exact) mass is 317 g/mol. The molecule has 0 radical (unpaired) electrons. The topological polar surface area (TPSA) is 12.5 Å². The highest BCUT2D eigenvalue weighted by Gasteiger charge is 2.46. The molecular weight excluding hydrogens is 294 g/mol. The van der Waals surface area contributed by atoms with E-state index in [1.165, 1.54) is 22.3 Å². The maximum atomic E-state index is 6.73. The Balaban J connectivity index is 1.67. The average molecular weight is 317 g/mol. The Hall–Kier alpha value is -2.08. The Morgan fingerprint density at radius 1 is 1.12 bits per heavy atom. The minimum Gasteiger partial charge on any atom is -0.358 e. The van der Waals surface area contributed by atoms with Gasteiger partial charge in [0.25, 0.3) is 0 Å². The van der Waals surface area contributed by atoms with Crippen LogP contribution in [-0.2, 0) is 10.3 Å². The fourth-order valence-corrected chi connectivity index (χ4v) is 4.07. The fraction of sp³-hybridized carbons (Fsp3) is 0.364. The van der Waals surface area contributed by atoms with Crippen LogP contribution in [0.25, 0.3) is 0 Å². The van der Waals surface area contributed by atoms with Gasteiger partial charge in [-0.3, -0.25) is 4.90 Å². The number of piperidine rings is 1.